The van der Waals surface area contributed by atoms with Crippen LogP contribution in [0.25, 0.3) is 0 Å². The molecule has 0 bridgehead atoms. The third kappa shape index (κ3) is 3.47. The van der Waals surface area contributed by atoms with Crippen molar-refractivity contribution in [2.24, 2.45) is 0 Å². The molecule has 1 aromatic carbocycles. The maximum absolute atomic E-state index is 12.4. The molecular weight excluding hydrogens is 238 g/mol. The Balaban J connectivity index is 1.91. The van der Waals surface area contributed by atoms with E-state index in [-0.39, 0.29) is 5.91 Å². The number of carbonyl (C=O) groups is 1. The van der Waals surface area contributed by atoms with Gasteiger partial charge in [-0.05, 0) is 25.1 Å². The minimum absolute atomic E-state index is 0.0632. The fourth-order valence-electron chi connectivity index (χ4n) is 2.42. The van der Waals surface area contributed by atoms with E-state index >= 15 is 0 Å². The number of piperazine rings is 1. The van der Waals surface area contributed by atoms with E-state index in [1.54, 1.807) is 12.1 Å². The normalized spacial score (nSPS) is 16.6. The quantitative estimate of drug-likeness (QED) is 0.841. The Labute approximate surface area is 115 Å². The van der Waals surface area contributed by atoms with Crippen LogP contribution in [-0.2, 0) is 0 Å². The van der Waals surface area contributed by atoms with Crippen LogP contribution < -0.4 is 5.73 Å². The number of anilines is 1. The highest BCUT2D eigenvalue weighted by molar-refractivity contribution is 5.99. The molecule has 0 unspecified atom stereocenters. The SMILES string of the molecule is CCCCN1CCN(C(=O)c2ccccc2N)CC1. The highest BCUT2D eigenvalue weighted by Gasteiger charge is 2.22. The lowest BCUT2D eigenvalue weighted by atomic mass is 10.1. The number of unbranched alkanes of at least 4 members (excludes halogenated alkanes) is 1. The summed E-state index contributed by atoms with van der Waals surface area (Å²) in [6.45, 7) is 6.90. The van der Waals surface area contributed by atoms with E-state index in [0.29, 0.717) is 11.3 Å². The van der Waals surface area contributed by atoms with Gasteiger partial charge in [0.1, 0.15) is 0 Å². The summed E-state index contributed by atoms with van der Waals surface area (Å²) in [5, 5.41) is 0. The van der Waals surface area contributed by atoms with E-state index in [1.807, 2.05) is 17.0 Å². The van der Waals surface area contributed by atoms with E-state index in [0.717, 1.165) is 32.7 Å². The van der Waals surface area contributed by atoms with Crippen molar-refractivity contribution in [1.29, 1.82) is 0 Å². The number of para-hydroxylation sites is 1. The fourth-order valence-corrected chi connectivity index (χ4v) is 2.42. The van der Waals surface area contributed by atoms with Crippen LogP contribution in [0.15, 0.2) is 24.3 Å². The van der Waals surface area contributed by atoms with Gasteiger partial charge in [0.2, 0.25) is 0 Å². The summed E-state index contributed by atoms with van der Waals surface area (Å²) in [7, 11) is 0. The Kier molecular flexibility index (Phi) is 4.80. The van der Waals surface area contributed by atoms with Crippen LogP contribution in [0.1, 0.15) is 30.1 Å². The number of hydrogen-bond donors (Lipinski definition) is 1. The van der Waals surface area contributed by atoms with Crippen molar-refractivity contribution >= 4 is 11.6 Å². The molecule has 1 fully saturated rings. The maximum atomic E-state index is 12.4. The van der Waals surface area contributed by atoms with Gasteiger partial charge in [-0.25, -0.2) is 0 Å². The molecule has 0 aliphatic carbocycles. The average molecular weight is 261 g/mol. The molecule has 0 atom stereocenters. The summed E-state index contributed by atoms with van der Waals surface area (Å²) in [4.78, 5) is 16.7. The zero-order valence-electron chi connectivity index (χ0n) is 11.6. The number of nitrogen functional groups attached to an aromatic ring is 1. The summed E-state index contributed by atoms with van der Waals surface area (Å²) in [5.41, 5.74) is 7.06. The molecule has 2 N–H and O–H groups in total. The van der Waals surface area contributed by atoms with Gasteiger partial charge in [-0.3, -0.25) is 9.69 Å². The number of nitrogens with zero attached hydrogens (tertiary/aromatic N) is 2. The van der Waals surface area contributed by atoms with Crippen molar-refractivity contribution in [3.05, 3.63) is 29.8 Å². The van der Waals surface area contributed by atoms with E-state index < -0.39 is 0 Å². The topological polar surface area (TPSA) is 49.6 Å². The Morgan fingerprint density at radius 2 is 1.89 bits per heavy atom. The van der Waals surface area contributed by atoms with Crippen molar-refractivity contribution in [2.75, 3.05) is 38.5 Å². The Morgan fingerprint density at radius 1 is 1.21 bits per heavy atom. The Hall–Kier alpha value is -1.55. The second-order valence-electron chi connectivity index (χ2n) is 5.07. The molecule has 104 valence electrons. The molecule has 19 heavy (non-hydrogen) atoms. The first-order valence-electron chi connectivity index (χ1n) is 7.08. The predicted molar refractivity (Wildman–Crippen MR) is 78.1 cm³/mol. The second kappa shape index (κ2) is 6.57. The van der Waals surface area contributed by atoms with E-state index in [4.69, 9.17) is 5.73 Å². The molecule has 0 saturated carbocycles. The van der Waals surface area contributed by atoms with Crippen molar-refractivity contribution in [3.8, 4) is 0 Å². The van der Waals surface area contributed by atoms with Crippen LogP contribution in [0.2, 0.25) is 0 Å². The summed E-state index contributed by atoms with van der Waals surface area (Å²) in [6.07, 6.45) is 2.46. The monoisotopic (exact) mass is 261 g/mol. The van der Waals surface area contributed by atoms with E-state index in [1.165, 1.54) is 12.8 Å². The summed E-state index contributed by atoms with van der Waals surface area (Å²) >= 11 is 0. The molecule has 1 aromatic rings. The van der Waals surface area contributed by atoms with Gasteiger partial charge in [-0.2, -0.15) is 0 Å². The lowest BCUT2D eigenvalue weighted by molar-refractivity contribution is 0.0637. The fraction of sp³-hybridized carbons (Fsp3) is 0.533. The molecule has 0 aromatic heterocycles. The second-order valence-corrected chi connectivity index (χ2v) is 5.07. The minimum atomic E-state index is 0.0632. The molecule has 1 heterocycles. The number of amides is 1. The average Bonchev–Trinajstić information content (AvgIpc) is 2.45. The van der Waals surface area contributed by atoms with Crippen LogP contribution in [0.3, 0.4) is 0 Å². The summed E-state index contributed by atoms with van der Waals surface area (Å²) in [5.74, 6) is 0.0632. The standard InChI is InChI=1S/C15H23N3O/c1-2-3-8-17-9-11-18(12-10-17)15(19)13-6-4-5-7-14(13)16/h4-7H,2-3,8-12,16H2,1H3. The van der Waals surface area contributed by atoms with Gasteiger partial charge >= 0.3 is 0 Å². The van der Waals surface area contributed by atoms with Crippen LogP contribution >= 0.6 is 0 Å². The van der Waals surface area contributed by atoms with Crippen molar-refractivity contribution in [1.82, 2.24) is 9.80 Å². The lowest BCUT2D eigenvalue weighted by Gasteiger charge is -2.34. The lowest BCUT2D eigenvalue weighted by Crippen LogP contribution is -2.48. The summed E-state index contributed by atoms with van der Waals surface area (Å²) in [6, 6.07) is 7.31. The molecule has 4 heteroatoms. The molecule has 0 radical (unpaired) electrons. The first-order chi connectivity index (χ1) is 9.22. The van der Waals surface area contributed by atoms with Gasteiger partial charge in [-0.1, -0.05) is 25.5 Å². The highest BCUT2D eigenvalue weighted by atomic mass is 16.2. The van der Waals surface area contributed by atoms with Crippen molar-refractivity contribution < 1.29 is 4.79 Å². The van der Waals surface area contributed by atoms with Crippen LogP contribution in [-0.4, -0.2) is 48.4 Å². The van der Waals surface area contributed by atoms with E-state index in [9.17, 15) is 4.79 Å². The zero-order valence-corrected chi connectivity index (χ0v) is 11.6. The van der Waals surface area contributed by atoms with Gasteiger partial charge in [0.25, 0.3) is 5.91 Å². The summed E-state index contributed by atoms with van der Waals surface area (Å²) < 4.78 is 0. The molecule has 1 amide bonds. The van der Waals surface area contributed by atoms with Gasteiger partial charge in [0.15, 0.2) is 0 Å². The number of carbonyl (C=O) groups excluding carboxylic acids is 1. The third-order valence-electron chi connectivity index (χ3n) is 3.68. The molecule has 4 nitrogen and oxygen atoms in total. The smallest absolute Gasteiger partial charge is 0.256 e. The van der Waals surface area contributed by atoms with Crippen molar-refractivity contribution in [2.45, 2.75) is 19.8 Å². The number of rotatable bonds is 4. The molecular formula is C15H23N3O. The first kappa shape index (κ1) is 13.9. The Bertz CT molecular complexity index is 425. The van der Waals surface area contributed by atoms with Gasteiger partial charge < -0.3 is 10.6 Å². The van der Waals surface area contributed by atoms with Crippen molar-refractivity contribution in [3.63, 3.8) is 0 Å². The van der Waals surface area contributed by atoms with Gasteiger partial charge in [0, 0.05) is 31.9 Å². The number of hydrogen-bond acceptors (Lipinski definition) is 3. The van der Waals surface area contributed by atoms with Gasteiger partial charge in [0.05, 0.1) is 5.56 Å². The predicted octanol–water partition coefficient (Wildman–Crippen LogP) is 1.83. The zero-order chi connectivity index (χ0) is 13.7. The van der Waals surface area contributed by atoms with E-state index in [2.05, 4.69) is 11.8 Å². The first-order valence-corrected chi connectivity index (χ1v) is 7.08. The largest absolute Gasteiger partial charge is 0.398 e. The third-order valence-corrected chi connectivity index (χ3v) is 3.68. The molecule has 2 rings (SSSR count). The van der Waals surface area contributed by atoms with Crippen LogP contribution in [0.5, 0.6) is 0 Å². The number of benzene rings is 1. The molecule has 1 saturated heterocycles. The molecule has 0 spiro atoms. The van der Waals surface area contributed by atoms with Gasteiger partial charge in [-0.15, -0.1) is 0 Å². The maximum Gasteiger partial charge on any atom is 0.256 e. The minimum Gasteiger partial charge on any atom is -0.398 e. The molecule has 1 aliphatic rings. The number of nitrogens with two attached hydrogens (primary N) is 1. The molecule has 1 aliphatic heterocycles. The Morgan fingerprint density at radius 3 is 2.53 bits per heavy atom. The highest BCUT2D eigenvalue weighted by Crippen LogP contribution is 2.15. The van der Waals surface area contributed by atoms with Crippen LogP contribution in [0.4, 0.5) is 5.69 Å². The van der Waals surface area contributed by atoms with Crippen LogP contribution in [0, 0.1) is 0 Å².